The number of amides is 1. The summed E-state index contributed by atoms with van der Waals surface area (Å²) >= 11 is 7.62. The van der Waals surface area contributed by atoms with Crippen LogP contribution in [0.5, 0.6) is 0 Å². The maximum atomic E-state index is 11.6. The maximum absolute atomic E-state index is 11.6. The molecule has 0 radical (unpaired) electrons. The highest BCUT2D eigenvalue weighted by Gasteiger charge is 2.32. The van der Waals surface area contributed by atoms with E-state index >= 15 is 0 Å². The van der Waals surface area contributed by atoms with Gasteiger partial charge in [-0.25, -0.2) is 4.79 Å². The van der Waals surface area contributed by atoms with E-state index in [1.807, 2.05) is 13.0 Å². The zero-order valence-electron chi connectivity index (χ0n) is 9.01. The van der Waals surface area contributed by atoms with Gasteiger partial charge in [-0.15, -0.1) is 11.8 Å². The quantitative estimate of drug-likeness (QED) is 0.736. The number of aliphatic carboxylic acids is 1. The van der Waals surface area contributed by atoms with Gasteiger partial charge in [-0.3, -0.25) is 9.69 Å². The number of carbonyl (C=O) groups excluding carboxylic acids is 1. The fourth-order valence-corrected chi connectivity index (χ4v) is 3.23. The molecule has 0 saturated heterocycles. The van der Waals surface area contributed by atoms with Gasteiger partial charge in [-0.1, -0.05) is 24.6 Å². The molecule has 1 atom stereocenters. The SMILES string of the molecule is CC1CN(C(=O)C(=O)O)c2c(Cl)cccc2S1. The fourth-order valence-electron chi connectivity index (χ4n) is 1.75. The van der Waals surface area contributed by atoms with Crippen LogP contribution in [-0.2, 0) is 9.59 Å². The van der Waals surface area contributed by atoms with Crippen LogP contribution in [0.1, 0.15) is 6.92 Å². The monoisotopic (exact) mass is 271 g/mol. The minimum atomic E-state index is -1.46. The van der Waals surface area contributed by atoms with Gasteiger partial charge in [0.2, 0.25) is 0 Å². The normalized spacial score (nSPS) is 18.7. The van der Waals surface area contributed by atoms with E-state index in [0.717, 1.165) is 4.90 Å². The van der Waals surface area contributed by atoms with Crippen molar-refractivity contribution in [1.82, 2.24) is 0 Å². The predicted octanol–water partition coefficient (Wildman–Crippen LogP) is 2.25. The number of carbonyl (C=O) groups is 2. The Bertz CT molecular complexity index is 492. The van der Waals surface area contributed by atoms with E-state index < -0.39 is 11.9 Å². The van der Waals surface area contributed by atoms with Crippen LogP contribution in [0.15, 0.2) is 23.1 Å². The van der Waals surface area contributed by atoms with E-state index in [2.05, 4.69) is 0 Å². The summed E-state index contributed by atoms with van der Waals surface area (Å²) in [7, 11) is 0. The fraction of sp³-hybridized carbons (Fsp3) is 0.273. The third-order valence-corrected chi connectivity index (χ3v) is 3.86. The number of anilines is 1. The first-order valence-corrected chi connectivity index (χ1v) is 6.26. The number of hydrogen-bond donors (Lipinski definition) is 1. The van der Waals surface area contributed by atoms with Gasteiger partial charge in [0, 0.05) is 16.7 Å². The molecule has 0 aromatic heterocycles. The highest BCUT2D eigenvalue weighted by atomic mass is 35.5. The molecule has 0 spiro atoms. The number of halogens is 1. The number of hydrogen-bond acceptors (Lipinski definition) is 3. The summed E-state index contributed by atoms with van der Waals surface area (Å²) in [5.74, 6) is -2.40. The molecule has 1 aliphatic rings. The number of fused-ring (bicyclic) bond motifs is 1. The number of para-hydroxylation sites is 1. The lowest BCUT2D eigenvalue weighted by molar-refractivity contribution is -0.148. The molecule has 90 valence electrons. The first-order chi connectivity index (χ1) is 8.00. The first-order valence-electron chi connectivity index (χ1n) is 5.00. The smallest absolute Gasteiger partial charge is 0.394 e. The van der Waals surface area contributed by atoms with E-state index in [1.54, 1.807) is 23.9 Å². The van der Waals surface area contributed by atoms with Crippen LogP contribution in [0, 0.1) is 0 Å². The largest absolute Gasteiger partial charge is 0.474 e. The van der Waals surface area contributed by atoms with Crippen molar-refractivity contribution in [2.45, 2.75) is 17.1 Å². The molecule has 0 bridgehead atoms. The molecule has 0 aliphatic carbocycles. The highest BCUT2D eigenvalue weighted by Crippen LogP contribution is 2.42. The molecule has 1 aromatic rings. The Balaban J connectivity index is 2.50. The number of carboxylic acid groups (broad SMARTS) is 1. The number of thioether (sulfide) groups is 1. The van der Waals surface area contributed by atoms with Gasteiger partial charge in [0.05, 0.1) is 10.7 Å². The molecule has 1 aliphatic heterocycles. The Morgan fingerprint density at radius 1 is 1.53 bits per heavy atom. The lowest BCUT2D eigenvalue weighted by Crippen LogP contribution is -2.42. The summed E-state index contributed by atoms with van der Waals surface area (Å²) < 4.78 is 0. The van der Waals surface area contributed by atoms with Crippen molar-refractivity contribution in [3.05, 3.63) is 23.2 Å². The van der Waals surface area contributed by atoms with Crippen LogP contribution in [0.4, 0.5) is 5.69 Å². The van der Waals surface area contributed by atoms with Crippen molar-refractivity contribution >= 4 is 40.9 Å². The number of carboxylic acids is 1. The molecule has 2 rings (SSSR count). The molecule has 1 aromatic carbocycles. The average molecular weight is 272 g/mol. The first kappa shape index (κ1) is 12.3. The number of rotatable bonds is 0. The standard InChI is InChI=1S/C11H10ClNO3S/c1-6-5-13(10(14)11(15)16)9-7(12)3-2-4-8(9)17-6/h2-4,6H,5H2,1H3,(H,15,16). The summed E-state index contributed by atoms with van der Waals surface area (Å²) in [5.41, 5.74) is 0.504. The van der Waals surface area contributed by atoms with E-state index in [9.17, 15) is 9.59 Å². The van der Waals surface area contributed by atoms with E-state index in [0.29, 0.717) is 17.3 Å². The van der Waals surface area contributed by atoms with Crippen molar-refractivity contribution in [3.8, 4) is 0 Å². The maximum Gasteiger partial charge on any atom is 0.394 e. The van der Waals surface area contributed by atoms with Crippen LogP contribution in [0.2, 0.25) is 5.02 Å². The van der Waals surface area contributed by atoms with Crippen molar-refractivity contribution in [3.63, 3.8) is 0 Å². The predicted molar refractivity (Wildman–Crippen MR) is 66.8 cm³/mol. The van der Waals surface area contributed by atoms with Crippen LogP contribution in [0.25, 0.3) is 0 Å². The molecule has 1 amide bonds. The van der Waals surface area contributed by atoms with Gasteiger partial charge in [0.1, 0.15) is 0 Å². The van der Waals surface area contributed by atoms with Gasteiger partial charge in [-0.05, 0) is 12.1 Å². The second kappa shape index (κ2) is 4.58. The minimum absolute atomic E-state index is 0.143. The zero-order valence-corrected chi connectivity index (χ0v) is 10.6. The Kier molecular flexibility index (Phi) is 3.31. The van der Waals surface area contributed by atoms with Gasteiger partial charge < -0.3 is 5.11 Å². The van der Waals surface area contributed by atoms with Gasteiger partial charge in [0.15, 0.2) is 0 Å². The highest BCUT2D eigenvalue weighted by molar-refractivity contribution is 8.00. The summed E-state index contributed by atoms with van der Waals surface area (Å²) in [6.45, 7) is 2.29. The van der Waals surface area contributed by atoms with E-state index in [-0.39, 0.29) is 5.25 Å². The lowest BCUT2D eigenvalue weighted by Gasteiger charge is -2.32. The number of benzene rings is 1. The van der Waals surface area contributed by atoms with E-state index in [4.69, 9.17) is 16.7 Å². The van der Waals surface area contributed by atoms with Crippen LogP contribution < -0.4 is 4.90 Å². The molecular formula is C11H10ClNO3S. The van der Waals surface area contributed by atoms with Gasteiger partial charge >= 0.3 is 11.9 Å². The Morgan fingerprint density at radius 2 is 2.24 bits per heavy atom. The lowest BCUT2D eigenvalue weighted by atomic mass is 10.2. The topological polar surface area (TPSA) is 57.6 Å². The van der Waals surface area contributed by atoms with Crippen molar-refractivity contribution in [2.24, 2.45) is 0 Å². The zero-order chi connectivity index (χ0) is 12.6. The minimum Gasteiger partial charge on any atom is -0.474 e. The molecule has 1 unspecified atom stereocenters. The summed E-state index contributed by atoms with van der Waals surface area (Å²) in [6, 6.07) is 5.28. The molecule has 6 heteroatoms. The van der Waals surface area contributed by atoms with Crippen molar-refractivity contribution < 1.29 is 14.7 Å². The molecule has 0 saturated carbocycles. The Hall–Kier alpha value is -1.20. The van der Waals surface area contributed by atoms with Gasteiger partial charge in [-0.2, -0.15) is 0 Å². The second-order valence-electron chi connectivity index (χ2n) is 3.74. The second-order valence-corrected chi connectivity index (χ2v) is 5.62. The van der Waals surface area contributed by atoms with Crippen LogP contribution in [-0.4, -0.2) is 28.8 Å². The van der Waals surface area contributed by atoms with Crippen molar-refractivity contribution in [1.29, 1.82) is 0 Å². The third-order valence-electron chi connectivity index (χ3n) is 2.42. The van der Waals surface area contributed by atoms with Crippen LogP contribution in [0.3, 0.4) is 0 Å². The van der Waals surface area contributed by atoms with Crippen LogP contribution >= 0.6 is 23.4 Å². The van der Waals surface area contributed by atoms with Gasteiger partial charge in [0.25, 0.3) is 0 Å². The number of nitrogens with zero attached hydrogens (tertiary/aromatic N) is 1. The molecule has 17 heavy (non-hydrogen) atoms. The summed E-state index contributed by atoms with van der Waals surface area (Å²) in [6.07, 6.45) is 0. The third kappa shape index (κ3) is 2.25. The summed E-state index contributed by atoms with van der Waals surface area (Å²) in [5, 5.41) is 9.34. The van der Waals surface area contributed by atoms with Crippen molar-refractivity contribution in [2.75, 3.05) is 11.4 Å². The molecule has 1 N–H and O–H groups in total. The molecule has 4 nitrogen and oxygen atoms in total. The Morgan fingerprint density at radius 3 is 2.88 bits per heavy atom. The average Bonchev–Trinajstić information content (AvgIpc) is 2.26. The molecular weight excluding hydrogens is 262 g/mol. The summed E-state index contributed by atoms with van der Waals surface area (Å²) in [4.78, 5) is 24.5. The van der Waals surface area contributed by atoms with E-state index in [1.165, 1.54) is 4.90 Å². The molecule has 0 fully saturated rings. The molecule has 1 heterocycles. The Labute approximate surface area is 108 Å².